The molecular weight excluding hydrogens is 438 g/mol. The molecule has 1 N–H and O–H groups in total. The summed E-state index contributed by atoms with van der Waals surface area (Å²) in [4.78, 5) is 13.9. The molecule has 10 heteroatoms. The minimum absolute atomic E-state index is 0.272. The summed E-state index contributed by atoms with van der Waals surface area (Å²) < 4.78 is 25.7. The van der Waals surface area contributed by atoms with Crippen LogP contribution in [-0.4, -0.2) is 72.4 Å². The van der Waals surface area contributed by atoms with Crippen molar-refractivity contribution in [3.05, 3.63) is 60.9 Å². The van der Waals surface area contributed by atoms with Crippen molar-refractivity contribution in [1.82, 2.24) is 24.5 Å². The first-order valence-electron chi connectivity index (χ1n) is 10.7. The van der Waals surface area contributed by atoms with E-state index < -0.39 is 9.84 Å². The molecule has 0 spiro atoms. The molecule has 0 amide bonds. The topological polar surface area (TPSA) is 95.7 Å². The number of aromatic nitrogens is 4. The highest BCUT2D eigenvalue weighted by atomic mass is 32.2. The molecular formula is C23H25N7O2S. The molecule has 0 radical (unpaired) electrons. The van der Waals surface area contributed by atoms with Gasteiger partial charge in [-0.2, -0.15) is 0 Å². The second-order valence-electron chi connectivity index (χ2n) is 8.26. The van der Waals surface area contributed by atoms with Gasteiger partial charge in [-0.1, -0.05) is 12.1 Å². The SMILES string of the molecule is CN1CCN(c2ccc(Nc3ncc4ccc(-c5cccc(S(C)(=O)=O)c5)n4n3)cn2)CC1. The fraction of sp³-hybridized carbons (Fsp3) is 0.261. The molecule has 4 aromatic rings. The van der Waals surface area contributed by atoms with Crippen LogP contribution in [0.25, 0.3) is 16.8 Å². The molecule has 4 heterocycles. The molecule has 0 unspecified atom stereocenters. The fourth-order valence-corrected chi connectivity index (χ4v) is 4.54. The van der Waals surface area contributed by atoms with E-state index in [0.29, 0.717) is 5.95 Å². The molecule has 33 heavy (non-hydrogen) atoms. The van der Waals surface area contributed by atoms with Gasteiger partial charge in [-0.3, -0.25) is 0 Å². The molecule has 9 nitrogen and oxygen atoms in total. The number of pyridine rings is 1. The van der Waals surface area contributed by atoms with Gasteiger partial charge in [0.2, 0.25) is 5.95 Å². The molecule has 170 valence electrons. The maximum atomic E-state index is 12.0. The zero-order chi connectivity index (χ0) is 23.0. The van der Waals surface area contributed by atoms with Crippen molar-refractivity contribution in [2.75, 3.05) is 49.7 Å². The quantitative estimate of drug-likeness (QED) is 0.483. The molecule has 1 fully saturated rings. The minimum Gasteiger partial charge on any atom is -0.354 e. The van der Waals surface area contributed by atoms with Crippen LogP contribution in [0.4, 0.5) is 17.5 Å². The van der Waals surface area contributed by atoms with Gasteiger partial charge >= 0.3 is 0 Å². The van der Waals surface area contributed by atoms with Gasteiger partial charge in [-0.25, -0.2) is 22.9 Å². The number of nitrogens with one attached hydrogen (secondary N) is 1. The number of hydrogen-bond donors (Lipinski definition) is 1. The normalized spacial score (nSPS) is 15.2. The molecule has 1 aliphatic rings. The van der Waals surface area contributed by atoms with E-state index in [9.17, 15) is 8.42 Å². The first-order chi connectivity index (χ1) is 15.9. The third-order valence-electron chi connectivity index (χ3n) is 5.79. The highest BCUT2D eigenvalue weighted by Gasteiger charge is 2.15. The molecule has 1 saturated heterocycles. The summed E-state index contributed by atoms with van der Waals surface area (Å²) in [7, 11) is -1.17. The maximum absolute atomic E-state index is 12.0. The number of hydrogen-bond acceptors (Lipinski definition) is 8. The van der Waals surface area contributed by atoms with Gasteiger partial charge in [-0.15, -0.1) is 5.10 Å². The maximum Gasteiger partial charge on any atom is 0.245 e. The summed E-state index contributed by atoms with van der Waals surface area (Å²) in [5, 5.41) is 7.83. The summed E-state index contributed by atoms with van der Waals surface area (Å²) >= 11 is 0. The molecule has 1 aliphatic heterocycles. The standard InChI is InChI=1S/C23H25N7O2S/c1-28-10-12-29(13-11-28)22-9-6-18(15-24-22)26-23-25-16-19-7-8-21(30(19)27-23)17-4-3-5-20(14-17)33(2,31)32/h3-9,14-16H,10-13H2,1-2H3,(H,26,27). The molecule has 5 rings (SSSR count). The Morgan fingerprint density at radius 2 is 1.76 bits per heavy atom. The molecule has 3 aromatic heterocycles. The van der Waals surface area contributed by atoms with Gasteiger partial charge in [0.05, 0.1) is 34.2 Å². The van der Waals surface area contributed by atoms with Crippen LogP contribution in [0.5, 0.6) is 0 Å². The van der Waals surface area contributed by atoms with E-state index in [2.05, 4.69) is 37.2 Å². The van der Waals surface area contributed by atoms with E-state index in [1.165, 1.54) is 6.26 Å². The average Bonchev–Trinajstić information content (AvgIpc) is 3.23. The second kappa shape index (κ2) is 8.45. The Hall–Kier alpha value is -3.50. The van der Waals surface area contributed by atoms with Crippen LogP contribution in [-0.2, 0) is 9.84 Å². The molecule has 1 aromatic carbocycles. The van der Waals surface area contributed by atoms with Crippen LogP contribution in [0.1, 0.15) is 0 Å². The van der Waals surface area contributed by atoms with Crippen molar-refractivity contribution in [3.8, 4) is 11.3 Å². The van der Waals surface area contributed by atoms with Gasteiger partial charge in [0.15, 0.2) is 9.84 Å². The Morgan fingerprint density at radius 3 is 2.48 bits per heavy atom. The molecule has 0 atom stereocenters. The van der Waals surface area contributed by atoms with E-state index in [-0.39, 0.29) is 4.90 Å². The molecule has 0 aliphatic carbocycles. The largest absolute Gasteiger partial charge is 0.354 e. The summed E-state index contributed by atoms with van der Waals surface area (Å²) in [5.74, 6) is 1.39. The summed E-state index contributed by atoms with van der Waals surface area (Å²) in [6.45, 7) is 3.99. The van der Waals surface area contributed by atoms with Crippen LogP contribution in [0.3, 0.4) is 0 Å². The summed E-state index contributed by atoms with van der Waals surface area (Å²) in [6, 6.07) is 14.6. The third kappa shape index (κ3) is 4.53. The number of sulfone groups is 1. The van der Waals surface area contributed by atoms with Crippen LogP contribution >= 0.6 is 0 Å². The van der Waals surface area contributed by atoms with E-state index in [1.54, 1.807) is 35.1 Å². The zero-order valence-electron chi connectivity index (χ0n) is 18.5. The van der Waals surface area contributed by atoms with Gasteiger partial charge in [-0.05, 0) is 43.4 Å². The Bertz CT molecular complexity index is 1390. The van der Waals surface area contributed by atoms with E-state index in [1.807, 2.05) is 30.3 Å². The monoisotopic (exact) mass is 463 g/mol. The van der Waals surface area contributed by atoms with Crippen molar-refractivity contribution < 1.29 is 8.42 Å². The number of anilines is 3. The fourth-order valence-electron chi connectivity index (χ4n) is 3.88. The lowest BCUT2D eigenvalue weighted by Crippen LogP contribution is -2.44. The number of fused-ring (bicyclic) bond motifs is 1. The third-order valence-corrected chi connectivity index (χ3v) is 6.90. The molecule has 0 saturated carbocycles. The number of nitrogens with zero attached hydrogens (tertiary/aromatic N) is 6. The van der Waals surface area contributed by atoms with Crippen LogP contribution in [0.15, 0.2) is 65.8 Å². The number of rotatable bonds is 5. The summed E-state index contributed by atoms with van der Waals surface area (Å²) in [6.07, 6.45) is 4.72. The summed E-state index contributed by atoms with van der Waals surface area (Å²) in [5.41, 5.74) is 3.15. The van der Waals surface area contributed by atoms with Crippen LogP contribution in [0.2, 0.25) is 0 Å². The van der Waals surface area contributed by atoms with Gasteiger partial charge in [0.25, 0.3) is 0 Å². The predicted octanol–water partition coefficient (Wildman–Crippen LogP) is 2.69. The van der Waals surface area contributed by atoms with E-state index in [0.717, 1.165) is 54.5 Å². The lowest BCUT2D eigenvalue weighted by Gasteiger charge is -2.33. The minimum atomic E-state index is -3.30. The van der Waals surface area contributed by atoms with Crippen molar-refractivity contribution in [1.29, 1.82) is 0 Å². The zero-order valence-corrected chi connectivity index (χ0v) is 19.3. The number of benzene rings is 1. The van der Waals surface area contributed by atoms with Crippen molar-refractivity contribution in [2.45, 2.75) is 4.90 Å². The van der Waals surface area contributed by atoms with Gasteiger partial charge in [0.1, 0.15) is 5.82 Å². The average molecular weight is 464 g/mol. The van der Waals surface area contributed by atoms with E-state index in [4.69, 9.17) is 0 Å². The van der Waals surface area contributed by atoms with Crippen molar-refractivity contribution >= 4 is 32.8 Å². The lowest BCUT2D eigenvalue weighted by atomic mass is 10.2. The van der Waals surface area contributed by atoms with Crippen LogP contribution in [0, 0.1) is 0 Å². The highest BCUT2D eigenvalue weighted by Crippen LogP contribution is 2.25. The number of likely N-dealkylation sites (N-methyl/N-ethyl adjacent to an activating group) is 1. The second-order valence-corrected chi connectivity index (χ2v) is 10.3. The van der Waals surface area contributed by atoms with E-state index >= 15 is 0 Å². The van der Waals surface area contributed by atoms with Crippen molar-refractivity contribution in [2.24, 2.45) is 0 Å². The van der Waals surface area contributed by atoms with Crippen molar-refractivity contribution in [3.63, 3.8) is 0 Å². The predicted molar refractivity (Wildman–Crippen MR) is 129 cm³/mol. The molecule has 0 bridgehead atoms. The first-order valence-corrected chi connectivity index (χ1v) is 12.6. The number of piperazine rings is 1. The first kappa shape index (κ1) is 21.4. The Labute approximate surface area is 192 Å². The lowest BCUT2D eigenvalue weighted by molar-refractivity contribution is 0.312. The smallest absolute Gasteiger partial charge is 0.245 e. The Balaban J connectivity index is 1.39. The van der Waals surface area contributed by atoms with Gasteiger partial charge in [0, 0.05) is 38.0 Å². The Morgan fingerprint density at radius 1 is 0.939 bits per heavy atom. The highest BCUT2D eigenvalue weighted by molar-refractivity contribution is 7.90. The van der Waals surface area contributed by atoms with Gasteiger partial charge < -0.3 is 15.1 Å². The van der Waals surface area contributed by atoms with Crippen LogP contribution < -0.4 is 10.2 Å². The Kier molecular flexibility index (Phi) is 5.47.